The standard InChI is InChI=1S/C17H24N4O2/c1-17(2,3)23-16(22)21-8-6-20(7-9-21)5-4-14-10-15(11-18)13-19-12-14/h10,12-13H,4-9H2,1-3H3. The maximum atomic E-state index is 12.0. The molecular formula is C17H24N4O2. The molecule has 1 amide bonds. The molecule has 1 aliphatic rings. The van der Waals surface area contributed by atoms with Crippen LogP contribution in [-0.2, 0) is 11.2 Å². The molecular weight excluding hydrogens is 292 g/mol. The Bertz CT molecular complexity index is 581. The second-order valence-corrected chi connectivity index (χ2v) is 6.75. The Hall–Kier alpha value is -2.13. The molecule has 124 valence electrons. The molecule has 0 bridgehead atoms. The number of hydrogen-bond donors (Lipinski definition) is 0. The summed E-state index contributed by atoms with van der Waals surface area (Å²) >= 11 is 0. The number of nitrogens with zero attached hydrogens (tertiary/aromatic N) is 4. The minimum absolute atomic E-state index is 0.233. The summed E-state index contributed by atoms with van der Waals surface area (Å²) in [7, 11) is 0. The molecule has 2 rings (SSSR count). The van der Waals surface area contributed by atoms with E-state index in [9.17, 15) is 4.79 Å². The van der Waals surface area contributed by atoms with Crippen LogP contribution < -0.4 is 0 Å². The summed E-state index contributed by atoms with van der Waals surface area (Å²) in [5, 5.41) is 8.89. The molecule has 0 spiro atoms. The van der Waals surface area contributed by atoms with Crippen molar-refractivity contribution in [3.8, 4) is 6.07 Å². The lowest BCUT2D eigenvalue weighted by Gasteiger charge is -2.35. The number of aromatic nitrogens is 1. The molecule has 0 unspecified atom stereocenters. The van der Waals surface area contributed by atoms with Crippen LogP contribution in [0.5, 0.6) is 0 Å². The molecule has 0 saturated carbocycles. The zero-order chi connectivity index (χ0) is 16.9. The second-order valence-electron chi connectivity index (χ2n) is 6.75. The fourth-order valence-electron chi connectivity index (χ4n) is 2.45. The van der Waals surface area contributed by atoms with E-state index in [0.717, 1.165) is 31.6 Å². The van der Waals surface area contributed by atoms with E-state index in [2.05, 4.69) is 16.0 Å². The fourth-order valence-corrected chi connectivity index (χ4v) is 2.45. The van der Waals surface area contributed by atoms with Crippen molar-refractivity contribution in [3.63, 3.8) is 0 Å². The van der Waals surface area contributed by atoms with Gasteiger partial charge in [-0.2, -0.15) is 5.26 Å². The van der Waals surface area contributed by atoms with Gasteiger partial charge in [-0.3, -0.25) is 9.88 Å². The molecule has 0 N–H and O–H groups in total. The molecule has 1 fully saturated rings. The first-order valence-corrected chi connectivity index (χ1v) is 7.92. The number of carbonyl (C=O) groups is 1. The van der Waals surface area contributed by atoms with E-state index in [1.165, 1.54) is 0 Å². The second kappa shape index (κ2) is 7.42. The van der Waals surface area contributed by atoms with Gasteiger partial charge in [-0.25, -0.2) is 4.79 Å². The largest absolute Gasteiger partial charge is 0.444 e. The SMILES string of the molecule is CC(C)(C)OC(=O)N1CCN(CCc2cncc(C#N)c2)CC1. The average Bonchev–Trinajstić information content (AvgIpc) is 2.52. The third-order valence-electron chi connectivity index (χ3n) is 3.66. The number of pyridine rings is 1. The topological polar surface area (TPSA) is 69.5 Å². The lowest BCUT2D eigenvalue weighted by molar-refractivity contribution is 0.0146. The lowest BCUT2D eigenvalue weighted by Crippen LogP contribution is -2.50. The molecule has 0 atom stereocenters. The quantitative estimate of drug-likeness (QED) is 0.853. The summed E-state index contributed by atoms with van der Waals surface area (Å²) < 4.78 is 5.40. The van der Waals surface area contributed by atoms with Gasteiger partial charge in [0.05, 0.1) is 5.56 Å². The first kappa shape index (κ1) is 17.2. The van der Waals surface area contributed by atoms with Crippen LogP contribution in [0.15, 0.2) is 18.5 Å². The third kappa shape index (κ3) is 5.53. The van der Waals surface area contributed by atoms with E-state index >= 15 is 0 Å². The van der Waals surface area contributed by atoms with Gasteiger partial charge < -0.3 is 9.64 Å². The molecule has 6 heteroatoms. The van der Waals surface area contributed by atoms with E-state index < -0.39 is 5.60 Å². The van der Waals surface area contributed by atoms with E-state index in [0.29, 0.717) is 18.7 Å². The molecule has 1 aromatic heterocycles. The van der Waals surface area contributed by atoms with Crippen molar-refractivity contribution < 1.29 is 9.53 Å². The predicted molar refractivity (Wildman–Crippen MR) is 86.9 cm³/mol. The van der Waals surface area contributed by atoms with Crippen LogP contribution in [0.1, 0.15) is 31.9 Å². The van der Waals surface area contributed by atoms with E-state index in [1.54, 1.807) is 17.3 Å². The Morgan fingerprint density at radius 2 is 2.00 bits per heavy atom. The van der Waals surface area contributed by atoms with Crippen molar-refractivity contribution in [1.82, 2.24) is 14.8 Å². The number of hydrogen-bond acceptors (Lipinski definition) is 5. The normalized spacial score (nSPS) is 16.0. The van der Waals surface area contributed by atoms with Crippen molar-refractivity contribution in [2.24, 2.45) is 0 Å². The van der Waals surface area contributed by atoms with E-state index in [-0.39, 0.29) is 6.09 Å². The Kier molecular flexibility index (Phi) is 5.56. The highest BCUT2D eigenvalue weighted by Crippen LogP contribution is 2.12. The fraction of sp³-hybridized carbons (Fsp3) is 0.588. The summed E-state index contributed by atoms with van der Waals surface area (Å²) in [5.74, 6) is 0. The Balaban J connectivity index is 1.76. The number of ether oxygens (including phenoxy) is 1. The van der Waals surface area contributed by atoms with Crippen LogP contribution in [0, 0.1) is 11.3 Å². The predicted octanol–water partition coefficient (Wildman–Crippen LogP) is 2.05. The first-order chi connectivity index (χ1) is 10.9. The van der Waals surface area contributed by atoms with E-state index in [4.69, 9.17) is 10.00 Å². The molecule has 6 nitrogen and oxygen atoms in total. The molecule has 0 radical (unpaired) electrons. The van der Waals surface area contributed by atoms with Crippen LogP contribution in [0.25, 0.3) is 0 Å². The lowest BCUT2D eigenvalue weighted by atomic mass is 10.1. The summed E-state index contributed by atoms with van der Waals surface area (Å²) in [5.41, 5.74) is 1.21. The monoisotopic (exact) mass is 316 g/mol. The van der Waals surface area contributed by atoms with Crippen molar-refractivity contribution in [1.29, 1.82) is 5.26 Å². The zero-order valence-corrected chi connectivity index (χ0v) is 14.1. The minimum atomic E-state index is -0.451. The molecule has 1 saturated heterocycles. The van der Waals surface area contributed by atoms with Gasteiger partial charge in [-0.1, -0.05) is 0 Å². The van der Waals surface area contributed by atoms with Crippen molar-refractivity contribution >= 4 is 6.09 Å². The number of rotatable bonds is 3. The third-order valence-corrected chi connectivity index (χ3v) is 3.66. The van der Waals surface area contributed by atoms with Crippen LogP contribution in [-0.4, -0.2) is 59.2 Å². The maximum absolute atomic E-state index is 12.0. The molecule has 0 aromatic carbocycles. The molecule has 1 aromatic rings. The van der Waals surface area contributed by atoms with Gasteiger partial charge in [0, 0.05) is 45.1 Å². The van der Waals surface area contributed by atoms with Gasteiger partial charge in [-0.15, -0.1) is 0 Å². The summed E-state index contributed by atoms with van der Waals surface area (Å²) in [6, 6.07) is 3.99. The summed E-state index contributed by atoms with van der Waals surface area (Å²) in [6.45, 7) is 9.59. The van der Waals surface area contributed by atoms with Gasteiger partial charge in [0.25, 0.3) is 0 Å². The molecule has 0 aliphatic carbocycles. The smallest absolute Gasteiger partial charge is 0.410 e. The Labute approximate surface area is 137 Å². The van der Waals surface area contributed by atoms with Gasteiger partial charge in [0.15, 0.2) is 0 Å². The van der Waals surface area contributed by atoms with Crippen molar-refractivity contribution in [2.75, 3.05) is 32.7 Å². The summed E-state index contributed by atoms with van der Waals surface area (Å²) in [4.78, 5) is 20.2. The Morgan fingerprint density at radius 1 is 1.30 bits per heavy atom. The van der Waals surface area contributed by atoms with Crippen LogP contribution in [0.2, 0.25) is 0 Å². The van der Waals surface area contributed by atoms with Crippen LogP contribution in [0.3, 0.4) is 0 Å². The van der Waals surface area contributed by atoms with Crippen molar-refractivity contribution in [3.05, 3.63) is 29.6 Å². The van der Waals surface area contributed by atoms with Gasteiger partial charge >= 0.3 is 6.09 Å². The first-order valence-electron chi connectivity index (χ1n) is 7.92. The highest BCUT2D eigenvalue weighted by molar-refractivity contribution is 5.68. The number of nitriles is 1. The molecule has 2 heterocycles. The zero-order valence-electron chi connectivity index (χ0n) is 14.1. The molecule has 1 aliphatic heterocycles. The highest BCUT2D eigenvalue weighted by Gasteiger charge is 2.25. The van der Waals surface area contributed by atoms with Crippen LogP contribution >= 0.6 is 0 Å². The minimum Gasteiger partial charge on any atom is -0.444 e. The van der Waals surface area contributed by atoms with Gasteiger partial charge in [-0.05, 0) is 38.8 Å². The summed E-state index contributed by atoms with van der Waals surface area (Å²) in [6.07, 6.45) is 4.00. The van der Waals surface area contributed by atoms with E-state index in [1.807, 2.05) is 26.8 Å². The maximum Gasteiger partial charge on any atom is 0.410 e. The molecule has 23 heavy (non-hydrogen) atoms. The number of carbonyl (C=O) groups excluding carboxylic acids is 1. The average molecular weight is 316 g/mol. The van der Waals surface area contributed by atoms with Crippen LogP contribution in [0.4, 0.5) is 4.79 Å². The highest BCUT2D eigenvalue weighted by atomic mass is 16.6. The Morgan fingerprint density at radius 3 is 2.61 bits per heavy atom. The van der Waals surface area contributed by atoms with Crippen molar-refractivity contribution in [2.45, 2.75) is 32.8 Å². The van der Waals surface area contributed by atoms with Gasteiger partial charge in [0.1, 0.15) is 11.7 Å². The number of amides is 1. The number of piperazine rings is 1. The van der Waals surface area contributed by atoms with Gasteiger partial charge in [0.2, 0.25) is 0 Å².